The van der Waals surface area contributed by atoms with Gasteiger partial charge in [0.1, 0.15) is 5.60 Å². The fraction of sp³-hybridized carbons (Fsp3) is 0.727. The molecule has 0 spiro atoms. The van der Waals surface area contributed by atoms with E-state index in [9.17, 15) is 4.79 Å². The van der Waals surface area contributed by atoms with Gasteiger partial charge < -0.3 is 15.4 Å². The van der Waals surface area contributed by atoms with Crippen molar-refractivity contribution in [3.8, 4) is 0 Å². The molecule has 1 heterocycles. The van der Waals surface area contributed by atoms with Crippen molar-refractivity contribution in [3.63, 3.8) is 0 Å². The van der Waals surface area contributed by atoms with Gasteiger partial charge in [-0.15, -0.1) is 0 Å². The molecule has 0 aromatic heterocycles. The summed E-state index contributed by atoms with van der Waals surface area (Å²) in [5, 5.41) is 0. The monoisotopic (exact) mass is 212 g/mol. The van der Waals surface area contributed by atoms with E-state index in [-0.39, 0.29) is 12.1 Å². The Bertz CT molecular complexity index is 256. The van der Waals surface area contributed by atoms with Gasteiger partial charge in [0.05, 0.1) is 0 Å². The van der Waals surface area contributed by atoms with Gasteiger partial charge in [0.25, 0.3) is 0 Å². The predicted molar refractivity (Wildman–Crippen MR) is 59.5 cm³/mol. The largest absolute Gasteiger partial charge is 0.444 e. The Morgan fingerprint density at radius 2 is 2.20 bits per heavy atom. The average molecular weight is 212 g/mol. The molecule has 0 saturated heterocycles. The van der Waals surface area contributed by atoms with Gasteiger partial charge in [-0.1, -0.05) is 12.2 Å². The first-order valence-corrected chi connectivity index (χ1v) is 5.28. The molecule has 0 unspecified atom stereocenters. The van der Waals surface area contributed by atoms with Crippen molar-refractivity contribution in [2.24, 2.45) is 5.73 Å². The minimum atomic E-state index is -0.444. The van der Waals surface area contributed by atoms with Crippen molar-refractivity contribution in [1.82, 2.24) is 4.90 Å². The Morgan fingerprint density at radius 1 is 1.53 bits per heavy atom. The number of nitrogens with two attached hydrogens (primary N) is 1. The molecule has 0 aliphatic carbocycles. The highest BCUT2D eigenvalue weighted by molar-refractivity contribution is 5.68. The Hall–Kier alpha value is -1.03. The molecule has 1 rings (SSSR count). The van der Waals surface area contributed by atoms with Crippen molar-refractivity contribution < 1.29 is 9.53 Å². The molecule has 1 atom stereocenters. The van der Waals surface area contributed by atoms with Crippen LogP contribution in [0.2, 0.25) is 0 Å². The lowest BCUT2D eigenvalue weighted by Crippen LogP contribution is -2.42. The predicted octanol–water partition coefficient (Wildman–Crippen LogP) is 1.51. The Labute approximate surface area is 91.1 Å². The van der Waals surface area contributed by atoms with Crippen LogP contribution in [0.25, 0.3) is 0 Å². The molecule has 0 aromatic rings. The van der Waals surface area contributed by atoms with Gasteiger partial charge >= 0.3 is 6.09 Å². The molecule has 4 nitrogen and oxygen atoms in total. The highest BCUT2D eigenvalue weighted by Gasteiger charge is 2.23. The third-order valence-corrected chi connectivity index (χ3v) is 2.03. The summed E-state index contributed by atoms with van der Waals surface area (Å²) in [5.74, 6) is 0. The van der Waals surface area contributed by atoms with Gasteiger partial charge in [0.15, 0.2) is 0 Å². The fourth-order valence-corrected chi connectivity index (χ4v) is 1.40. The molecule has 0 saturated carbocycles. The van der Waals surface area contributed by atoms with Crippen LogP contribution in [0.15, 0.2) is 12.2 Å². The molecule has 0 fully saturated rings. The summed E-state index contributed by atoms with van der Waals surface area (Å²) in [4.78, 5) is 13.4. The molecule has 86 valence electrons. The third-order valence-electron chi connectivity index (χ3n) is 2.03. The number of ether oxygens (including phenoxy) is 1. The van der Waals surface area contributed by atoms with Crippen LogP contribution in [0, 0.1) is 0 Å². The first kappa shape index (κ1) is 12.0. The second-order valence-electron chi connectivity index (χ2n) is 4.81. The van der Waals surface area contributed by atoms with Crippen molar-refractivity contribution in [2.75, 3.05) is 13.1 Å². The van der Waals surface area contributed by atoms with Crippen molar-refractivity contribution in [2.45, 2.75) is 38.8 Å². The lowest BCUT2D eigenvalue weighted by molar-refractivity contribution is 0.0253. The van der Waals surface area contributed by atoms with Gasteiger partial charge in [0, 0.05) is 19.1 Å². The minimum Gasteiger partial charge on any atom is -0.444 e. The zero-order valence-corrected chi connectivity index (χ0v) is 9.69. The number of hydrogen-bond donors (Lipinski definition) is 1. The second-order valence-corrected chi connectivity index (χ2v) is 4.81. The Kier molecular flexibility index (Phi) is 3.74. The van der Waals surface area contributed by atoms with E-state index in [1.807, 2.05) is 32.9 Å². The van der Waals surface area contributed by atoms with Crippen molar-refractivity contribution in [1.29, 1.82) is 0 Å². The van der Waals surface area contributed by atoms with Crippen LogP contribution in [-0.2, 0) is 4.74 Å². The first-order valence-electron chi connectivity index (χ1n) is 5.28. The van der Waals surface area contributed by atoms with E-state index in [4.69, 9.17) is 10.5 Å². The molecular formula is C11H20N2O2. The van der Waals surface area contributed by atoms with E-state index in [1.165, 1.54) is 0 Å². The molecule has 2 N–H and O–H groups in total. The summed E-state index contributed by atoms with van der Waals surface area (Å²) < 4.78 is 5.28. The molecule has 15 heavy (non-hydrogen) atoms. The number of rotatable bonds is 0. The number of carbonyl (C=O) groups excluding carboxylic acids is 1. The van der Waals surface area contributed by atoms with Crippen molar-refractivity contribution >= 4 is 6.09 Å². The Balaban J connectivity index is 2.53. The van der Waals surface area contributed by atoms with E-state index < -0.39 is 5.60 Å². The van der Waals surface area contributed by atoms with Gasteiger partial charge in [0.2, 0.25) is 0 Å². The summed E-state index contributed by atoms with van der Waals surface area (Å²) in [6, 6.07) is -0.0833. The average Bonchev–Trinajstić information content (AvgIpc) is 2.26. The SMILES string of the molecule is CC(C)(C)OC(=O)N1CCC=C[C@@H](N)C1. The van der Waals surface area contributed by atoms with Crippen LogP contribution >= 0.6 is 0 Å². The number of carbonyl (C=O) groups is 1. The molecular weight excluding hydrogens is 192 g/mol. The highest BCUT2D eigenvalue weighted by atomic mass is 16.6. The Morgan fingerprint density at radius 3 is 2.80 bits per heavy atom. The van der Waals surface area contributed by atoms with Gasteiger partial charge in [-0.05, 0) is 27.2 Å². The normalized spacial score (nSPS) is 22.4. The zero-order chi connectivity index (χ0) is 11.5. The molecule has 4 heteroatoms. The standard InChI is InChI=1S/C11H20N2O2/c1-11(2,3)15-10(14)13-7-5-4-6-9(12)8-13/h4,6,9H,5,7-8,12H2,1-3H3/t9-/m1/s1. The van der Waals surface area contributed by atoms with Crippen LogP contribution in [0.3, 0.4) is 0 Å². The van der Waals surface area contributed by atoms with E-state index in [0.29, 0.717) is 13.1 Å². The number of hydrogen-bond acceptors (Lipinski definition) is 3. The molecule has 1 amide bonds. The molecule has 0 bridgehead atoms. The maximum absolute atomic E-state index is 11.7. The first-order chi connectivity index (χ1) is 6.88. The fourth-order valence-electron chi connectivity index (χ4n) is 1.40. The van der Waals surface area contributed by atoms with E-state index in [1.54, 1.807) is 4.90 Å². The van der Waals surface area contributed by atoms with Crippen LogP contribution in [0.5, 0.6) is 0 Å². The maximum Gasteiger partial charge on any atom is 0.410 e. The van der Waals surface area contributed by atoms with Crippen LogP contribution in [-0.4, -0.2) is 35.7 Å². The highest BCUT2D eigenvalue weighted by Crippen LogP contribution is 2.11. The van der Waals surface area contributed by atoms with E-state index in [2.05, 4.69) is 0 Å². The smallest absolute Gasteiger partial charge is 0.410 e. The quantitative estimate of drug-likeness (QED) is 0.619. The third kappa shape index (κ3) is 4.34. The van der Waals surface area contributed by atoms with Crippen molar-refractivity contribution in [3.05, 3.63) is 12.2 Å². The van der Waals surface area contributed by atoms with Crippen LogP contribution in [0.4, 0.5) is 4.79 Å². The van der Waals surface area contributed by atoms with Crippen LogP contribution < -0.4 is 5.73 Å². The topological polar surface area (TPSA) is 55.6 Å². The molecule has 0 aromatic carbocycles. The summed E-state index contributed by atoms with van der Waals surface area (Å²) in [5.41, 5.74) is 5.35. The van der Waals surface area contributed by atoms with Crippen LogP contribution in [0.1, 0.15) is 27.2 Å². The maximum atomic E-state index is 11.7. The summed E-state index contributed by atoms with van der Waals surface area (Å²) in [6.45, 7) is 6.80. The van der Waals surface area contributed by atoms with Gasteiger partial charge in [-0.2, -0.15) is 0 Å². The lowest BCUT2D eigenvalue weighted by Gasteiger charge is -2.27. The summed E-state index contributed by atoms with van der Waals surface area (Å²) in [6.07, 6.45) is 4.51. The van der Waals surface area contributed by atoms with Gasteiger partial charge in [-0.25, -0.2) is 4.79 Å². The van der Waals surface area contributed by atoms with E-state index >= 15 is 0 Å². The molecule has 0 radical (unpaired) electrons. The number of amides is 1. The minimum absolute atomic E-state index is 0.0833. The summed E-state index contributed by atoms with van der Waals surface area (Å²) in [7, 11) is 0. The summed E-state index contributed by atoms with van der Waals surface area (Å²) >= 11 is 0. The second kappa shape index (κ2) is 4.66. The number of nitrogens with zero attached hydrogens (tertiary/aromatic N) is 1. The molecule has 1 aliphatic rings. The lowest BCUT2D eigenvalue weighted by atomic mass is 10.2. The van der Waals surface area contributed by atoms with E-state index in [0.717, 1.165) is 6.42 Å². The zero-order valence-electron chi connectivity index (χ0n) is 9.69. The van der Waals surface area contributed by atoms with Gasteiger partial charge in [-0.3, -0.25) is 0 Å². The molecule has 1 aliphatic heterocycles.